The Morgan fingerprint density at radius 2 is 1.78 bits per heavy atom. The van der Waals surface area contributed by atoms with Crippen LogP contribution >= 0.6 is 23.1 Å². The third-order valence-corrected chi connectivity index (χ3v) is 5.85. The minimum Gasteiger partial charge on any atom is -0.296 e. The molecule has 0 saturated carbocycles. The molecule has 0 atom stereocenters. The number of carbonyl (C=O) groups excluding carboxylic acids is 2. The maximum Gasteiger partial charge on any atom is 0.257 e. The third kappa shape index (κ3) is 5.24. The van der Waals surface area contributed by atoms with Gasteiger partial charge in [-0.3, -0.25) is 14.9 Å². The van der Waals surface area contributed by atoms with Crippen molar-refractivity contribution < 1.29 is 9.59 Å². The number of Topliss-reactive ketones (excluding diaryl/α,β-unsaturated/α-hetero) is 1. The van der Waals surface area contributed by atoms with E-state index >= 15 is 0 Å². The Balaban J connectivity index is 1.62. The summed E-state index contributed by atoms with van der Waals surface area (Å²) in [5, 5.41) is 12.2. The van der Waals surface area contributed by atoms with Crippen molar-refractivity contribution in [2.75, 3.05) is 11.1 Å². The Labute approximate surface area is 166 Å². The van der Waals surface area contributed by atoms with Gasteiger partial charge in [0.2, 0.25) is 5.13 Å². The minimum atomic E-state index is -0.238. The van der Waals surface area contributed by atoms with Gasteiger partial charge in [0.05, 0.1) is 5.75 Å². The predicted molar refractivity (Wildman–Crippen MR) is 110 cm³/mol. The maximum absolute atomic E-state index is 12.5. The van der Waals surface area contributed by atoms with Crippen LogP contribution in [0.1, 0.15) is 45.5 Å². The molecular weight excluding hydrogens is 378 g/mol. The first-order chi connectivity index (χ1) is 13.0. The molecule has 0 bridgehead atoms. The average Bonchev–Trinajstić information content (AvgIpc) is 3.16. The van der Waals surface area contributed by atoms with Gasteiger partial charge < -0.3 is 0 Å². The second kappa shape index (κ2) is 8.92. The summed E-state index contributed by atoms with van der Waals surface area (Å²) < 4.78 is 0. The van der Waals surface area contributed by atoms with E-state index in [0.29, 0.717) is 22.0 Å². The predicted octanol–water partition coefficient (Wildman–Crippen LogP) is 4.89. The fourth-order valence-electron chi connectivity index (χ4n) is 2.27. The monoisotopic (exact) mass is 397 g/mol. The summed E-state index contributed by atoms with van der Waals surface area (Å²) >= 11 is 2.79. The summed E-state index contributed by atoms with van der Waals surface area (Å²) in [6.45, 7) is 4.06. The second-order valence-corrected chi connectivity index (χ2v) is 8.22. The van der Waals surface area contributed by atoms with Crippen molar-refractivity contribution in [1.82, 2.24) is 10.2 Å². The summed E-state index contributed by atoms with van der Waals surface area (Å²) in [4.78, 5) is 25.5. The zero-order chi connectivity index (χ0) is 19.2. The number of ketones is 1. The van der Waals surface area contributed by atoms with Crippen LogP contribution in [-0.2, 0) is 0 Å². The van der Waals surface area contributed by atoms with Crippen molar-refractivity contribution >= 4 is 39.9 Å². The van der Waals surface area contributed by atoms with Gasteiger partial charge >= 0.3 is 0 Å². The summed E-state index contributed by atoms with van der Waals surface area (Å²) in [5.41, 5.74) is 1.21. The lowest BCUT2D eigenvalue weighted by Gasteiger charge is -2.05. The van der Waals surface area contributed by atoms with Gasteiger partial charge in [-0.1, -0.05) is 61.6 Å². The van der Waals surface area contributed by atoms with Crippen molar-refractivity contribution in [2.24, 2.45) is 0 Å². The van der Waals surface area contributed by atoms with Crippen molar-refractivity contribution in [3.8, 4) is 0 Å². The van der Waals surface area contributed by atoms with Crippen LogP contribution in [0.5, 0.6) is 0 Å². The van der Waals surface area contributed by atoms with Gasteiger partial charge in [0.15, 0.2) is 5.78 Å². The summed E-state index contributed by atoms with van der Waals surface area (Å²) in [6.07, 6.45) is 0. The lowest BCUT2D eigenvalue weighted by atomic mass is 10.2. The first-order valence-corrected chi connectivity index (χ1v) is 10.3. The molecule has 138 valence electrons. The van der Waals surface area contributed by atoms with E-state index < -0.39 is 0 Å². The highest BCUT2D eigenvalue weighted by atomic mass is 32.2. The smallest absolute Gasteiger partial charge is 0.257 e. The van der Waals surface area contributed by atoms with Gasteiger partial charge in [-0.25, -0.2) is 0 Å². The largest absolute Gasteiger partial charge is 0.296 e. The molecule has 0 saturated heterocycles. The number of benzene rings is 2. The van der Waals surface area contributed by atoms with Crippen LogP contribution in [0, 0.1) is 0 Å². The van der Waals surface area contributed by atoms with Gasteiger partial charge in [-0.05, 0) is 18.2 Å². The quantitative estimate of drug-likeness (QED) is 0.454. The molecule has 3 aromatic rings. The lowest BCUT2D eigenvalue weighted by Crippen LogP contribution is -2.11. The van der Waals surface area contributed by atoms with E-state index in [0.717, 1.165) is 9.90 Å². The van der Waals surface area contributed by atoms with Crippen LogP contribution in [0.25, 0.3) is 0 Å². The van der Waals surface area contributed by atoms with Crippen molar-refractivity contribution in [3.05, 3.63) is 70.7 Å². The van der Waals surface area contributed by atoms with Crippen molar-refractivity contribution in [3.63, 3.8) is 0 Å². The molecule has 27 heavy (non-hydrogen) atoms. The molecular formula is C20H19N3O2S2. The molecule has 5 nitrogen and oxygen atoms in total. The molecule has 1 heterocycles. The van der Waals surface area contributed by atoms with Crippen LogP contribution in [-0.4, -0.2) is 27.6 Å². The van der Waals surface area contributed by atoms with E-state index in [1.54, 1.807) is 24.3 Å². The summed E-state index contributed by atoms with van der Waals surface area (Å²) in [5.74, 6) is 0.419. The van der Waals surface area contributed by atoms with Gasteiger partial charge in [0, 0.05) is 21.9 Å². The highest BCUT2D eigenvalue weighted by Gasteiger charge is 2.13. The minimum absolute atomic E-state index is 0.0607. The number of anilines is 1. The normalized spacial score (nSPS) is 10.8. The van der Waals surface area contributed by atoms with Crippen LogP contribution in [0.2, 0.25) is 0 Å². The van der Waals surface area contributed by atoms with E-state index in [1.165, 1.54) is 23.1 Å². The van der Waals surface area contributed by atoms with Gasteiger partial charge in [-0.15, -0.1) is 22.0 Å². The van der Waals surface area contributed by atoms with Gasteiger partial charge in [0.25, 0.3) is 5.91 Å². The lowest BCUT2D eigenvalue weighted by molar-refractivity contribution is 0.101. The Bertz CT molecular complexity index is 939. The summed E-state index contributed by atoms with van der Waals surface area (Å²) in [7, 11) is 0. The number of aromatic nitrogens is 2. The molecule has 3 rings (SSSR count). The SMILES string of the molecule is CC(C)c1nnc(NC(=O)c2cccc(SCC(=O)c3ccccc3)c2)s1. The fraction of sp³-hybridized carbons (Fsp3) is 0.200. The fourth-order valence-corrected chi connectivity index (χ4v) is 3.86. The first kappa shape index (κ1) is 19.3. The molecule has 1 N–H and O–H groups in total. The Hall–Kier alpha value is -2.51. The molecule has 0 spiro atoms. The second-order valence-electron chi connectivity index (χ2n) is 6.16. The van der Waals surface area contributed by atoms with E-state index in [2.05, 4.69) is 15.5 Å². The van der Waals surface area contributed by atoms with E-state index in [1.807, 2.05) is 44.2 Å². The van der Waals surface area contributed by atoms with E-state index in [-0.39, 0.29) is 17.6 Å². The summed E-state index contributed by atoms with van der Waals surface area (Å²) in [6, 6.07) is 16.4. The van der Waals surface area contributed by atoms with Crippen LogP contribution in [0.15, 0.2) is 59.5 Å². The molecule has 7 heteroatoms. The number of nitrogens with one attached hydrogen (secondary N) is 1. The molecule has 0 aliphatic carbocycles. The molecule has 1 amide bonds. The van der Waals surface area contributed by atoms with E-state index in [9.17, 15) is 9.59 Å². The molecule has 0 radical (unpaired) electrons. The van der Waals surface area contributed by atoms with Crippen LogP contribution < -0.4 is 5.32 Å². The van der Waals surface area contributed by atoms with Crippen LogP contribution in [0.3, 0.4) is 0 Å². The van der Waals surface area contributed by atoms with Crippen molar-refractivity contribution in [2.45, 2.75) is 24.7 Å². The maximum atomic E-state index is 12.5. The zero-order valence-corrected chi connectivity index (χ0v) is 16.6. The Kier molecular flexibility index (Phi) is 6.36. The van der Waals surface area contributed by atoms with E-state index in [4.69, 9.17) is 0 Å². The number of amides is 1. The Morgan fingerprint density at radius 1 is 1.04 bits per heavy atom. The average molecular weight is 398 g/mol. The molecule has 0 fully saturated rings. The van der Waals surface area contributed by atoms with Crippen LogP contribution in [0.4, 0.5) is 5.13 Å². The molecule has 0 aliphatic rings. The number of carbonyl (C=O) groups is 2. The topological polar surface area (TPSA) is 72.0 Å². The molecule has 0 aliphatic heterocycles. The highest BCUT2D eigenvalue weighted by molar-refractivity contribution is 8.00. The van der Waals surface area contributed by atoms with Gasteiger partial charge in [-0.2, -0.15) is 0 Å². The highest BCUT2D eigenvalue weighted by Crippen LogP contribution is 2.24. The number of rotatable bonds is 7. The zero-order valence-electron chi connectivity index (χ0n) is 15.0. The molecule has 0 unspecified atom stereocenters. The van der Waals surface area contributed by atoms with Gasteiger partial charge in [0.1, 0.15) is 5.01 Å². The standard InChI is InChI=1S/C20H19N3O2S2/c1-13(2)19-22-23-20(27-19)21-18(25)15-9-6-10-16(11-15)26-12-17(24)14-7-4-3-5-8-14/h3-11,13H,12H2,1-2H3,(H,21,23,25). The number of hydrogen-bond acceptors (Lipinski definition) is 6. The number of thioether (sulfide) groups is 1. The number of nitrogens with zero attached hydrogens (tertiary/aromatic N) is 2. The Morgan fingerprint density at radius 3 is 2.48 bits per heavy atom. The van der Waals surface area contributed by atoms with Crippen molar-refractivity contribution in [1.29, 1.82) is 0 Å². The molecule has 2 aromatic carbocycles. The molecule has 1 aromatic heterocycles. The third-order valence-electron chi connectivity index (χ3n) is 3.72. The number of hydrogen-bond donors (Lipinski definition) is 1. The first-order valence-electron chi connectivity index (χ1n) is 8.49.